The zero-order chi connectivity index (χ0) is 14.5. The van der Waals surface area contributed by atoms with E-state index in [2.05, 4.69) is 6.92 Å². The van der Waals surface area contributed by atoms with E-state index in [4.69, 9.17) is 10.5 Å². The molecule has 0 heterocycles. The van der Waals surface area contributed by atoms with Crippen LogP contribution in [0.3, 0.4) is 0 Å². The Labute approximate surface area is 119 Å². The van der Waals surface area contributed by atoms with Gasteiger partial charge in [-0.15, -0.1) is 0 Å². The SMILES string of the molecule is CCCc1ccc(Oc2ccc([C@@H](C)N)cc2F)cc1. The summed E-state index contributed by atoms with van der Waals surface area (Å²) < 4.78 is 19.5. The van der Waals surface area contributed by atoms with Crippen molar-refractivity contribution in [3.63, 3.8) is 0 Å². The van der Waals surface area contributed by atoms with E-state index in [1.807, 2.05) is 31.2 Å². The summed E-state index contributed by atoms with van der Waals surface area (Å²) in [6, 6.07) is 12.4. The van der Waals surface area contributed by atoms with Crippen LogP contribution >= 0.6 is 0 Å². The molecule has 0 bridgehead atoms. The lowest BCUT2D eigenvalue weighted by Gasteiger charge is -2.10. The van der Waals surface area contributed by atoms with Gasteiger partial charge in [0, 0.05) is 6.04 Å². The van der Waals surface area contributed by atoms with Crippen LogP contribution in [-0.4, -0.2) is 0 Å². The van der Waals surface area contributed by atoms with Crippen LogP contribution in [0.25, 0.3) is 0 Å². The fourth-order valence-electron chi connectivity index (χ4n) is 2.02. The van der Waals surface area contributed by atoms with Gasteiger partial charge >= 0.3 is 0 Å². The van der Waals surface area contributed by atoms with Gasteiger partial charge in [0.1, 0.15) is 5.75 Å². The van der Waals surface area contributed by atoms with Crippen LogP contribution in [0.15, 0.2) is 42.5 Å². The molecule has 2 aromatic carbocycles. The third kappa shape index (κ3) is 3.58. The van der Waals surface area contributed by atoms with Gasteiger partial charge in [-0.2, -0.15) is 0 Å². The first-order valence-corrected chi connectivity index (χ1v) is 6.92. The molecule has 1 atom stereocenters. The molecule has 2 N–H and O–H groups in total. The number of aryl methyl sites for hydroxylation is 1. The molecular weight excluding hydrogens is 253 g/mol. The number of hydrogen-bond donors (Lipinski definition) is 1. The van der Waals surface area contributed by atoms with Crippen molar-refractivity contribution in [2.45, 2.75) is 32.7 Å². The maximum absolute atomic E-state index is 13.9. The van der Waals surface area contributed by atoms with E-state index in [0.717, 1.165) is 18.4 Å². The van der Waals surface area contributed by atoms with Gasteiger partial charge < -0.3 is 10.5 Å². The summed E-state index contributed by atoms with van der Waals surface area (Å²) in [5.41, 5.74) is 7.74. The minimum Gasteiger partial charge on any atom is -0.454 e. The molecule has 20 heavy (non-hydrogen) atoms. The molecule has 2 nitrogen and oxygen atoms in total. The number of halogens is 1. The monoisotopic (exact) mass is 273 g/mol. The van der Waals surface area contributed by atoms with Crippen molar-refractivity contribution in [1.82, 2.24) is 0 Å². The average Bonchev–Trinajstić information content (AvgIpc) is 2.43. The first kappa shape index (κ1) is 14.5. The Hall–Kier alpha value is -1.87. The molecule has 0 unspecified atom stereocenters. The van der Waals surface area contributed by atoms with E-state index in [0.29, 0.717) is 5.75 Å². The lowest BCUT2D eigenvalue weighted by Crippen LogP contribution is -2.05. The largest absolute Gasteiger partial charge is 0.454 e. The number of ether oxygens (including phenoxy) is 1. The van der Waals surface area contributed by atoms with Crippen LogP contribution in [-0.2, 0) is 6.42 Å². The molecule has 0 fully saturated rings. The van der Waals surface area contributed by atoms with Crippen LogP contribution in [0.4, 0.5) is 4.39 Å². The second-order valence-corrected chi connectivity index (χ2v) is 4.97. The van der Waals surface area contributed by atoms with Crippen molar-refractivity contribution in [3.8, 4) is 11.5 Å². The lowest BCUT2D eigenvalue weighted by molar-refractivity contribution is 0.441. The highest BCUT2D eigenvalue weighted by atomic mass is 19.1. The molecule has 0 aliphatic carbocycles. The van der Waals surface area contributed by atoms with Crippen LogP contribution in [0.1, 0.15) is 37.4 Å². The van der Waals surface area contributed by atoms with Crippen LogP contribution < -0.4 is 10.5 Å². The number of benzene rings is 2. The van der Waals surface area contributed by atoms with Gasteiger partial charge in [-0.25, -0.2) is 4.39 Å². The third-order valence-electron chi connectivity index (χ3n) is 3.17. The van der Waals surface area contributed by atoms with Crippen molar-refractivity contribution in [1.29, 1.82) is 0 Å². The molecule has 0 saturated carbocycles. The van der Waals surface area contributed by atoms with Gasteiger partial charge in [0.15, 0.2) is 11.6 Å². The van der Waals surface area contributed by atoms with Crippen LogP contribution in [0.5, 0.6) is 11.5 Å². The molecule has 0 saturated heterocycles. The van der Waals surface area contributed by atoms with E-state index in [-0.39, 0.29) is 11.8 Å². The zero-order valence-electron chi connectivity index (χ0n) is 11.9. The van der Waals surface area contributed by atoms with Gasteiger partial charge in [0.2, 0.25) is 0 Å². The summed E-state index contributed by atoms with van der Waals surface area (Å²) in [5.74, 6) is 0.465. The van der Waals surface area contributed by atoms with Gasteiger partial charge in [-0.05, 0) is 48.7 Å². The summed E-state index contributed by atoms with van der Waals surface area (Å²) in [7, 11) is 0. The van der Waals surface area contributed by atoms with Gasteiger partial charge in [0.05, 0.1) is 0 Å². The fourth-order valence-corrected chi connectivity index (χ4v) is 2.02. The predicted molar refractivity (Wildman–Crippen MR) is 79.5 cm³/mol. The molecule has 0 radical (unpaired) electrons. The third-order valence-corrected chi connectivity index (χ3v) is 3.17. The van der Waals surface area contributed by atoms with Crippen LogP contribution in [0.2, 0.25) is 0 Å². The molecule has 0 aliphatic rings. The quantitative estimate of drug-likeness (QED) is 0.864. The van der Waals surface area contributed by atoms with Crippen molar-refractivity contribution < 1.29 is 9.13 Å². The van der Waals surface area contributed by atoms with Crippen molar-refractivity contribution >= 4 is 0 Å². The normalized spacial score (nSPS) is 12.2. The molecular formula is C17H20FNO. The first-order chi connectivity index (χ1) is 9.60. The smallest absolute Gasteiger partial charge is 0.166 e. The maximum Gasteiger partial charge on any atom is 0.166 e. The summed E-state index contributed by atoms with van der Waals surface area (Å²) >= 11 is 0. The van der Waals surface area contributed by atoms with E-state index in [9.17, 15) is 4.39 Å². The minimum atomic E-state index is -0.391. The first-order valence-electron chi connectivity index (χ1n) is 6.92. The number of nitrogens with two attached hydrogens (primary N) is 1. The second-order valence-electron chi connectivity index (χ2n) is 4.97. The van der Waals surface area contributed by atoms with E-state index < -0.39 is 5.82 Å². The Morgan fingerprint density at radius 1 is 1.15 bits per heavy atom. The van der Waals surface area contributed by atoms with Gasteiger partial charge in [-0.1, -0.05) is 31.5 Å². The Bertz CT molecular complexity index is 564. The van der Waals surface area contributed by atoms with Crippen LogP contribution in [0, 0.1) is 5.82 Å². The fraction of sp³-hybridized carbons (Fsp3) is 0.294. The summed E-state index contributed by atoms with van der Waals surface area (Å²) in [6.07, 6.45) is 2.14. The summed E-state index contributed by atoms with van der Waals surface area (Å²) in [5, 5.41) is 0. The maximum atomic E-state index is 13.9. The average molecular weight is 273 g/mol. The van der Waals surface area contributed by atoms with Gasteiger partial charge in [0.25, 0.3) is 0 Å². The number of rotatable bonds is 5. The van der Waals surface area contributed by atoms with E-state index in [1.165, 1.54) is 11.6 Å². The molecule has 106 valence electrons. The molecule has 2 aromatic rings. The number of hydrogen-bond acceptors (Lipinski definition) is 2. The summed E-state index contributed by atoms with van der Waals surface area (Å²) in [6.45, 7) is 3.96. The molecule has 2 rings (SSSR count). The standard InChI is InChI=1S/C17H20FNO/c1-3-4-13-5-8-15(9-6-13)20-17-10-7-14(12(2)19)11-16(17)18/h5-12H,3-4,19H2,1-2H3/t12-/m1/s1. The molecule has 0 amide bonds. The van der Waals surface area contributed by atoms with Crippen molar-refractivity contribution in [2.24, 2.45) is 5.73 Å². The Morgan fingerprint density at radius 3 is 2.40 bits per heavy atom. The zero-order valence-corrected chi connectivity index (χ0v) is 11.9. The molecule has 3 heteroatoms. The Kier molecular flexibility index (Phi) is 4.74. The second kappa shape index (κ2) is 6.53. The van der Waals surface area contributed by atoms with Gasteiger partial charge in [-0.3, -0.25) is 0 Å². The predicted octanol–water partition coefficient (Wildman–Crippen LogP) is 4.59. The molecule has 0 aliphatic heterocycles. The Balaban J connectivity index is 2.13. The van der Waals surface area contributed by atoms with Crippen molar-refractivity contribution in [3.05, 3.63) is 59.4 Å². The highest BCUT2D eigenvalue weighted by molar-refractivity contribution is 5.36. The summed E-state index contributed by atoms with van der Waals surface area (Å²) in [4.78, 5) is 0. The molecule has 0 aromatic heterocycles. The van der Waals surface area contributed by atoms with Crippen molar-refractivity contribution in [2.75, 3.05) is 0 Å². The highest BCUT2D eigenvalue weighted by Gasteiger charge is 2.08. The Morgan fingerprint density at radius 2 is 1.85 bits per heavy atom. The minimum absolute atomic E-state index is 0.188. The van der Waals surface area contributed by atoms with E-state index >= 15 is 0 Å². The lowest BCUT2D eigenvalue weighted by atomic mass is 10.1. The topological polar surface area (TPSA) is 35.2 Å². The highest BCUT2D eigenvalue weighted by Crippen LogP contribution is 2.26. The molecule has 0 spiro atoms. The van der Waals surface area contributed by atoms with E-state index in [1.54, 1.807) is 12.1 Å².